The van der Waals surface area contributed by atoms with Gasteiger partial charge in [-0.25, -0.2) is 0 Å². The van der Waals surface area contributed by atoms with Gasteiger partial charge in [0.25, 0.3) is 0 Å². The maximum Gasteiger partial charge on any atom is 0.212 e. The number of methoxy groups -OCH3 is 1. The summed E-state index contributed by atoms with van der Waals surface area (Å²) in [7, 11) is 1.65. The molecular formula is C20H21ClN4OS. The molecule has 0 unspecified atom stereocenters. The zero-order chi connectivity index (χ0) is 19.1. The number of hydrogen-bond acceptors (Lipinski definition) is 5. The minimum atomic E-state index is 0.736. The Labute approximate surface area is 168 Å². The smallest absolute Gasteiger partial charge is 0.212 e. The predicted molar refractivity (Wildman–Crippen MR) is 111 cm³/mol. The van der Waals surface area contributed by atoms with Crippen LogP contribution in [0.3, 0.4) is 0 Å². The molecule has 2 aromatic carbocycles. The van der Waals surface area contributed by atoms with Crippen molar-refractivity contribution < 1.29 is 4.74 Å². The first kappa shape index (κ1) is 19.5. The van der Waals surface area contributed by atoms with Crippen molar-refractivity contribution >= 4 is 29.6 Å². The first-order chi connectivity index (χ1) is 13.2. The average molecular weight is 401 g/mol. The van der Waals surface area contributed by atoms with Crippen LogP contribution >= 0.6 is 23.4 Å². The van der Waals surface area contributed by atoms with Crippen molar-refractivity contribution in [3.63, 3.8) is 0 Å². The average Bonchev–Trinajstić information content (AvgIpc) is 3.08. The van der Waals surface area contributed by atoms with E-state index in [1.54, 1.807) is 25.1 Å². The maximum absolute atomic E-state index is 5.95. The molecule has 0 atom stereocenters. The Balaban J connectivity index is 1.80. The normalized spacial score (nSPS) is 11.2. The van der Waals surface area contributed by atoms with Gasteiger partial charge in [-0.15, -0.1) is 10.2 Å². The van der Waals surface area contributed by atoms with Gasteiger partial charge in [0.15, 0.2) is 5.82 Å². The van der Waals surface area contributed by atoms with Gasteiger partial charge in [0, 0.05) is 17.2 Å². The Morgan fingerprint density at radius 3 is 2.74 bits per heavy atom. The van der Waals surface area contributed by atoms with Gasteiger partial charge in [-0.1, -0.05) is 54.6 Å². The Bertz CT molecular complexity index is 909. The van der Waals surface area contributed by atoms with Crippen molar-refractivity contribution in [1.29, 1.82) is 0 Å². The van der Waals surface area contributed by atoms with Crippen LogP contribution < -0.4 is 4.74 Å². The van der Waals surface area contributed by atoms with Crippen molar-refractivity contribution in [3.05, 3.63) is 70.5 Å². The van der Waals surface area contributed by atoms with Gasteiger partial charge < -0.3 is 4.74 Å². The lowest BCUT2D eigenvalue weighted by Gasteiger charge is -2.05. The summed E-state index contributed by atoms with van der Waals surface area (Å²) in [6, 6.07) is 15.6. The highest BCUT2D eigenvalue weighted by Crippen LogP contribution is 2.23. The second-order valence-electron chi connectivity index (χ2n) is 5.90. The van der Waals surface area contributed by atoms with Crippen molar-refractivity contribution in [3.8, 4) is 5.75 Å². The molecule has 5 nitrogen and oxygen atoms in total. The Hall–Kier alpha value is -2.31. The largest absolute Gasteiger partial charge is 0.497 e. The lowest BCUT2D eigenvalue weighted by atomic mass is 10.2. The number of rotatable bonds is 8. The van der Waals surface area contributed by atoms with Crippen molar-refractivity contribution in [2.45, 2.75) is 30.7 Å². The molecule has 0 aliphatic carbocycles. The number of nitrogens with zero attached hydrogens (tertiary/aromatic N) is 4. The van der Waals surface area contributed by atoms with Crippen molar-refractivity contribution in [2.24, 2.45) is 5.10 Å². The van der Waals surface area contributed by atoms with Gasteiger partial charge in [-0.05, 0) is 41.8 Å². The van der Waals surface area contributed by atoms with E-state index in [1.165, 1.54) is 5.56 Å². The Morgan fingerprint density at radius 1 is 1.19 bits per heavy atom. The van der Waals surface area contributed by atoms with Crippen LogP contribution in [0.2, 0.25) is 5.02 Å². The molecule has 0 aliphatic rings. The summed E-state index contributed by atoms with van der Waals surface area (Å²) >= 11 is 7.56. The molecule has 0 amide bonds. The van der Waals surface area contributed by atoms with Gasteiger partial charge in [0.05, 0.1) is 13.3 Å². The van der Waals surface area contributed by atoms with E-state index in [0.717, 1.165) is 45.9 Å². The molecule has 0 N–H and O–H groups in total. The number of hydrogen-bond donors (Lipinski definition) is 0. The highest BCUT2D eigenvalue weighted by Gasteiger charge is 2.11. The second-order valence-corrected chi connectivity index (χ2v) is 7.28. The Morgan fingerprint density at radius 2 is 2.00 bits per heavy atom. The third-order valence-electron chi connectivity index (χ3n) is 3.85. The fourth-order valence-electron chi connectivity index (χ4n) is 2.46. The summed E-state index contributed by atoms with van der Waals surface area (Å²) < 4.78 is 7.09. The highest BCUT2D eigenvalue weighted by atomic mass is 35.5. The molecule has 0 saturated carbocycles. The summed E-state index contributed by atoms with van der Waals surface area (Å²) in [6.07, 6.45) is 3.61. The minimum Gasteiger partial charge on any atom is -0.497 e. The van der Waals surface area contributed by atoms with Crippen LogP contribution in [0.4, 0.5) is 0 Å². The van der Waals surface area contributed by atoms with Gasteiger partial charge in [0.1, 0.15) is 5.75 Å². The van der Waals surface area contributed by atoms with Crippen LogP contribution in [-0.4, -0.2) is 28.2 Å². The minimum absolute atomic E-state index is 0.736. The van der Waals surface area contributed by atoms with E-state index in [1.807, 2.05) is 53.2 Å². The van der Waals surface area contributed by atoms with Crippen LogP contribution in [0.5, 0.6) is 5.75 Å². The SMILES string of the molecule is CCCc1nnc(SCc2ccc(Cl)cc2)n1/N=C\c1cccc(OC)c1. The maximum atomic E-state index is 5.95. The summed E-state index contributed by atoms with van der Waals surface area (Å²) in [5.74, 6) is 2.43. The van der Waals surface area contributed by atoms with Gasteiger partial charge in [0.2, 0.25) is 5.16 Å². The molecule has 1 aromatic heterocycles. The number of ether oxygens (including phenoxy) is 1. The van der Waals surface area contributed by atoms with Crippen LogP contribution in [0.15, 0.2) is 58.8 Å². The zero-order valence-electron chi connectivity index (χ0n) is 15.3. The summed E-state index contributed by atoms with van der Waals surface area (Å²) in [5, 5.41) is 14.8. The third kappa shape index (κ3) is 5.34. The molecule has 0 fully saturated rings. The first-order valence-electron chi connectivity index (χ1n) is 8.69. The quantitative estimate of drug-likeness (QED) is 0.391. The van der Waals surface area contributed by atoms with E-state index < -0.39 is 0 Å². The number of benzene rings is 2. The van der Waals surface area contributed by atoms with E-state index in [2.05, 4.69) is 22.2 Å². The zero-order valence-corrected chi connectivity index (χ0v) is 16.9. The monoisotopic (exact) mass is 400 g/mol. The summed E-state index contributed by atoms with van der Waals surface area (Å²) in [5.41, 5.74) is 2.13. The van der Waals surface area contributed by atoms with Crippen LogP contribution in [0.1, 0.15) is 30.3 Å². The molecule has 27 heavy (non-hydrogen) atoms. The predicted octanol–water partition coefficient (Wildman–Crippen LogP) is 5.07. The molecule has 0 radical (unpaired) electrons. The van der Waals surface area contributed by atoms with E-state index in [4.69, 9.17) is 16.3 Å². The molecule has 3 aromatic rings. The van der Waals surface area contributed by atoms with Gasteiger partial charge in [-0.3, -0.25) is 0 Å². The van der Waals surface area contributed by atoms with Crippen LogP contribution in [-0.2, 0) is 12.2 Å². The number of thioether (sulfide) groups is 1. The van der Waals surface area contributed by atoms with E-state index >= 15 is 0 Å². The number of aromatic nitrogens is 3. The molecule has 0 bridgehead atoms. The molecular weight excluding hydrogens is 380 g/mol. The summed E-state index contributed by atoms with van der Waals surface area (Å²) in [4.78, 5) is 0. The number of halogens is 1. The second kappa shape index (κ2) is 9.58. The fourth-order valence-corrected chi connectivity index (χ4v) is 3.44. The molecule has 140 valence electrons. The topological polar surface area (TPSA) is 52.3 Å². The summed E-state index contributed by atoms with van der Waals surface area (Å²) in [6.45, 7) is 2.12. The molecule has 0 saturated heterocycles. The van der Waals surface area contributed by atoms with Crippen LogP contribution in [0, 0.1) is 0 Å². The molecule has 1 heterocycles. The molecule has 0 spiro atoms. The van der Waals surface area contributed by atoms with E-state index in [9.17, 15) is 0 Å². The van der Waals surface area contributed by atoms with Crippen molar-refractivity contribution in [2.75, 3.05) is 7.11 Å². The lowest BCUT2D eigenvalue weighted by molar-refractivity contribution is 0.414. The van der Waals surface area contributed by atoms with Crippen molar-refractivity contribution in [1.82, 2.24) is 14.9 Å². The van der Waals surface area contributed by atoms with Gasteiger partial charge in [-0.2, -0.15) is 9.78 Å². The van der Waals surface area contributed by atoms with Gasteiger partial charge >= 0.3 is 0 Å². The van der Waals surface area contributed by atoms with E-state index in [-0.39, 0.29) is 0 Å². The lowest BCUT2D eigenvalue weighted by Crippen LogP contribution is -2.00. The first-order valence-corrected chi connectivity index (χ1v) is 10.1. The molecule has 3 rings (SSSR count). The molecule has 7 heteroatoms. The third-order valence-corrected chi connectivity index (χ3v) is 5.09. The highest BCUT2D eigenvalue weighted by molar-refractivity contribution is 7.98. The number of aryl methyl sites for hydroxylation is 1. The van der Waals surface area contributed by atoms with E-state index in [0.29, 0.717) is 0 Å². The fraction of sp³-hybridized carbons (Fsp3) is 0.250. The molecule has 0 aliphatic heterocycles. The standard InChI is InChI=1S/C20H21ClN4OS/c1-3-5-19-23-24-20(27-14-15-8-10-17(21)11-9-15)25(19)22-13-16-6-4-7-18(12-16)26-2/h4,6-13H,3,5,14H2,1-2H3/b22-13-. The van der Waals surface area contributed by atoms with Crippen LogP contribution in [0.25, 0.3) is 0 Å². The Kier molecular flexibility index (Phi) is 6.90.